The zero-order chi connectivity index (χ0) is 18.6. The molecule has 2 aromatic carbocycles. The van der Waals surface area contributed by atoms with Crippen LogP contribution in [-0.2, 0) is 4.79 Å². The fourth-order valence-corrected chi connectivity index (χ4v) is 4.02. The van der Waals surface area contributed by atoms with Gasteiger partial charge in [-0.3, -0.25) is 10.1 Å². The third-order valence-electron chi connectivity index (χ3n) is 4.89. The van der Waals surface area contributed by atoms with Gasteiger partial charge in [0, 0.05) is 10.9 Å². The van der Waals surface area contributed by atoms with Gasteiger partial charge in [0.2, 0.25) is 5.91 Å². The molecule has 2 atom stereocenters. The Morgan fingerprint density at radius 1 is 0.963 bits per heavy atom. The van der Waals surface area contributed by atoms with E-state index < -0.39 is 0 Å². The molecule has 1 saturated carbocycles. The minimum absolute atomic E-state index is 0.0271. The predicted octanol–water partition coefficient (Wildman–Crippen LogP) is 4.76. The third-order valence-corrected chi connectivity index (χ3v) is 5.83. The van der Waals surface area contributed by atoms with Crippen LogP contribution in [0.3, 0.4) is 0 Å². The first-order valence-corrected chi connectivity index (χ1v) is 10.3. The fourth-order valence-electron chi connectivity index (χ4n) is 3.20. The Morgan fingerprint density at radius 3 is 2.33 bits per heavy atom. The molecule has 27 heavy (non-hydrogen) atoms. The largest absolute Gasteiger partial charge is 0.352 e. The van der Waals surface area contributed by atoms with Crippen molar-refractivity contribution in [2.75, 3.05) is 0 Å². The van der Waals surface area contributed by atoms with Crippen molar-refractivity contribution in [1.29, 1.82) is 0 Å². The second-order valence-electron chi connectivity index (χ2n) is 7.15. The molecule has 138 valence electrons. The number of carbonyl (C=O) groups excluding carboxylic acids is 1. The number of nitrogens with one attached hydrogen (secondary N) is 2. The van der Waals surface area contributed by atoms with Crippen molar-refractivity contribution < 1.29 is 4.79 Å². The van der Waals surface area contributed by atoms with Gasteiger partial charge in [0.15, 0.2) is 0 Å². The lowest BCUT2D eigenvalue weighted by molar-refractivity contribution is -0.123. The van der Waals surface area contributed by atoms with Crippen molar-refractivity contribution in [1.82, 2.24) is 10.6 Å². The zero-order valence-corrected chi connectivity index (χ0v) is 16.2. The van der Waals surface area contributed by atoms with Crippen molar-refractivity contribution in [3.05, 3.63) is 93.7 Å². The minimum Gasteiger partial charge on any atom is -0.352 e. The third kappa shape index (κ3) is 4.46. The van der Waals surface area contributed by atoms with E-state index in [-0.39, 0.29) is 18.0 Å². The number of benzene rings is 2. The van der Waals surface area contributed by atoms with Crippen molar-refractivity contribution in [2.24, 2.45) is 0 Å². The Hall–Kier alpha value is -2.43. The maximum absolute atomic E-state index is 13.0. The summed E-state index contributed by atoms with van der Waals surface area (Å²) in [5.74, 6) is 0.0531. The molecule has 1 aliphatic carbocycles. The molecule has 1 heterocycles. The number of thiophene rings is 1. The highest BCUT2D eigenvalue weighted by Gasteiger charge is 2.30. The maximum atomic E-state index is 13.0. The summed E-state index contributed by atoms with van der Waals surface area (Å²) in [7, 11) is 0. The minimum atomic E-state index is -0.389. The van der Waals surface area contributed by atoms with Gasteiger partial charge in [0.1, 0.15) is 6.04 Å². The molecule has 4 heteroatoms. The van der Waals surface area contributed by atoms with E-state index >= 15 is 0 Å². The first kappa shape index (κ1) is 18.0. The molecular weight excluding hydrogens is 352 g/mol. The standard InChI is InChI=1S/C23H24N2OS/c1-16-9-11-18(12-10-16)21(20-8-5-15-27-20)25-22(17-6-3-2-4-7-17)23(26)24-19-13-14-19/h2-12,15,19,21-22,25H,13-14H2,1H3,(H,24,26)/t21-,22+/m1/s1. The number of aryl methyl sites for hydroxylation is 1. The van der Waals surface area contributed by atoms with Crippen LogP contribution in [0.1, 0.15) is 46.5 Å². The summed E-state index contributed by atoms with van der Waals surface area (Å²) in [6.07, 6.45) is 2.17. The highest BCUT2D eigenvalue weighted by molar-refractivity contribution is 7.10. The summed E-state index contributed by atoms with van der Waals surface area (Å²) in [6, 6.07) is 22.6. The van der Waals surface area contributed by atoms with E-state index in [1.54, 1.807) is 11.3 Å². The van der Waals surface area contributed by atoms with Crippen LogP contribution in [0.2, 0.25) is 0 Å². The summed E-state index contributed by atoms with van der Waals surface area (Å²) >= 11 is 1.71. The van der Waals surface area contributed by atoms with E-state index in [0.717, 1.165) is 18.4 Å². The topological polar surface area (TPSA) is 41.1 Å². The summed E-state index contributed by atoms with van der Waals surface area (Å²) in [4.78, 5) is 14.2. The molecule has 1 fully saturated rings. The normalized spacial score (nSPS) is 15.9. The van der Waals surface area contributed by atoms with Crippen LogP contribution in [0.5, 0.6) is 0 Å². The summed E-state index contributed by atoms with van der Waals surface area (Å²) in [6.45, 7) is 2.09. The highest BCUT2D eigenvalue weighted by atomic mass is 32.1. The van der Waals surface area contributed by atoms with E-state index in [9.17, 15) is 4.79 Å². The van der Waals surface area contributed by atoms with Gasteiger partial charge < -0.3 is 5.32 Å². The van der Waals surface area contributed by atoms with E-state index in [1.165, 1.54) is 16.0 Å². The van der Waals surface area contributed by atoms with Gasteiger partial charge >= 0.3 is 0 Å². The molecule has 0 aliphatic heterocycles. The Balaban J connectivity index is 1.66. The Bertz CT molecular complexity index is 871. The fraction of sp³-hybridized carbons (Fsp3) is 0.261. The van der Waals surface area contributed by atoms with E-state index in [4.69, 9.17) is 0 Å². The molecule has 0 saturated heterocycles. The van der Waals surface area contributed by atoms with Crippen LogP contribution in [0.15, 0.2) is 72.1 Å². The first-order chi connectivity index (χ1) is 13.2. The van der Waals surface area contributed by atoms with E-state index in [1.807, 2.05) is 30.3 Å². The molecule has 1 aliphatic rings. The van der Waals surface area contributed by atoms with Crippen molar-refractivity contribution in [3.63, 3.8) is 0 Å². The van der Waals surface area contributed by atoms with Crippen molar-refractivity contribution in [2.45, 2.75) is 37.9 Å². The van der Waals surface area contributed by atoms with Crippen LogP contribution in [-0.4, -0.2) is 11.9 Å². The molecule has 1 amide bonds. The first-order valence-electron chi connectivity index (χ1n) is 9.42. The van der Waals surface area contributed by atoms with Gasteiger partial charge in [0.05, 0.1) is 6.04 Å². The quantitative estimate of drug-likeness (QED) is 0.624. The van der Waals surface area contributed by atoms with Gasteiger partial charge in [0.25, 0.3) is 0 Å². The van der Waals surface area contributed by atoms with Gasteiger partial charge in [-0.2, -0.15) is 0 Å². The number of rotatable bonds is 7. The van der Waals surface area contributed by atoms with E-state index in [2.05, 4.69) is 59.3 Å². The Kier molecular flexibility index (Phi) is 5.37. The van der Waals surface area contributed by atoms with Gasteiger partial charge in [-0.25, -0.2) is 0 Å². The van der Waals surface area contributed by atoms with Crippen LogP contribution >= 0.6 is 11.3 Å². The zero-order valence-electron chi connectivity index (χ0n) is 15.4. The smallest absolute Gasteiger partial charge is 0.241 e. The van der Waals surface area contributed by atoms with Crippen LogP contribution in [0, 0.1) is 6.92 Å². The predicted molar refractivity (Wildman–Crippen MR) is 111 cm³/mol. The molecule has 3 nitrogen and oxygen atoms in total. The molecule has 4 rings (SSSR count). The van der Waals surface area contributed by atoms with Gasteiger partial charge in [-0.05, 0) is 42.3 Å². The van der Waals surface area contributed by atoms with Crippen LogP contribution in [0.25, 0.3) is 0 Å². The van der Waals surface area contributed by atoms with Crippen LogP contribution < -0.4 is 10.6 Å². The van der Waals surface area contributed by atoms with Crippen molar-refractivity contribution >= 4 is 17.2 Å². The monoisotopic (exact) mass is 376 g/mol. The molecule has 0 radical (unpaired) electrons. The summed E-state index contributed by atoms with van der Waals surface area (Å²) in [5.41, 5.74) is 3.39. The molecule has 0 bridgehead atoms. The summed E-state index contributed by atoms with van der Waals surface area (Å²) in [5, 5.41) is 8.89. The summed E-state index contributed by atoms with van der Waals surface area (Å²) < 4.78 is 0. The van der Waals surface area contributed by atoms with E-state index in [0.29, 0.717) is 6.04 Å². The van der Waals surface area contributed by atoms with Crippen LogP contribution in [0.4, 0.5) is 0 Å². The molecule has 0 unspecified atom stereocenters. The Labute approximate surface area is 164 Å². The number of carbonyl (C=O) groups is 1. The molecule has 0 spiro atoms. The average molecular weight is 377 g/mol. The number of hydrogen-bond donors (Lipinski definition) is 2. The highest BCUT2D eigenvalue weighted by Crippen LogP contribution is 2.30. The van der Waals surface area contributed by atoms with Gasteiger partial charge in [-0.15, -0.1) is 11.3 Å². The lowest BCUT2D eigenvalue weighted by Crippen LogP contribution is -2.40. The number of hydrogen-bond acceptors (Lipinski definition) is 3. The molecule has 2 N–H and O–H groups in total. The molecular formula is C23H24N2OS. The molecule has 3 aromatic rings. The maximum Gasteiger partial charge on any atom is 0.241 e. The lowest BCUT2D eigenvalue weighted by Gasteiger charge is -2.26. The SMILES string of the molecule is Cc1ccc([C@@H](N[C@H](C(=O)NC2CC2)c2ccccc2)c2cccs2)cc1. The Morgan fingerprint density at radius 2 is 1.70 bits per heavy atom. The second-order valence-corrected chi connectivity index (χ2v) is 8.13. The second kappa shape index (κ2) is 8.07. The molecule has 1 aromatic heterocycles. The lowest BCUT2D eigenvalue weighted by atomic mass is 9.99. The average Bonchev–Trinajstić information content (AvgIpc) is 3.33. The van der Waals surface area contributed by atoms with Crippen molar-refractivity contribution in [3.8, 4) is 0 Å². The number of amides is 1. The van der Waals surface area contributed by atoms with Gasteiger partial charge in [-0.1, -0.05) is 66.2 Å².